The summed E-state index contributed by atoms with van der Waals surface area (Å²) in [6.07, 6.45) is 13.0. The van der Waals surface area contributed by atoms with Crippen LogP contribution in [0.2, 0.25) is 0 Å². The summed E-state index contributed by atoms with van der Waals surface area (Å²) in [4.78, 5) is 2.78. The molecule has 18 heavy (non-hydrogen) atoms. The molecule has 0 unspecified atom stereocenters. The maximum absolute atomic E-state index is 3.54. The topological polar surface area (TPSA) is 15.3 Å². The van der Waals surface area contributed by atoms with Crippen LogP contribution in [0.25, 0.3) is 0 Å². The van der Waals surface area contributed by atoms with Crippen molar-refractivity contribution in [3.63, 3.8) is 0 Å². The van der Waals surface area contributed by atoms with Gasteiger partial charge in [-0.15, -0.1) is 24.8 Å². The fraction of sp³-hybridized carbons (Fsp3) is 1.00. The molecule has 0 aromatic rings. The first kappa shape index (κ1) is 18.5. The third-order valence-electron chi connectivity index (χ3n) is 4.22. The van der Waals surface area contributed by atoms with Crippen LogP contribution >= 0.6 is 24.8 Å². The molecule has 0 atom stereocenters. The molecule has 1 saturated heterocycles. The Morgan fingerprint density at radius 3 is 2.06 bits per heavy atom. The molecule has 0 amide bonds. The molecule has 0 spiro atoms. The predicted molar refractivity (Wildman–Crippen MR) is 84.3 cm³/mol. The lowest BCUT2D eigenvalue weighted by Crippen LogP contribution is -2.42. The zero-order valence-electron chi connectivity index (χ0n) is 11.5. The van der Waals surface area contributed by atoms with Crippen LogP contribution in [0.5, 0.6) is 0 Å². The zero-order valence-corrected chi connectivity index (χ0v) is 13.2. The summed E-state index contributed by atoms with van der Waals surface area (Å²) in [6.45, 7) is 5.08. The Kier molecular flexibility index (Phi) is 11.7. The minimum absolute atomic E-state index is 0. The van der Waals surface area contributed by atoms with Gasteiger partial charge >= 0.3 is 0 Å². The third-order valence-corrected chi connectivity index (χ3v) is 4.22. The van der Waals surface area contributed by atoms with Gasteiger partial charge in [-0.3, -0.25) is 4.90 Å². The Bertz CT molecular complexity index is 155. The van der Waals surface area contributed by atoms with E-state index in [-0.39, 0.29) is 24.8 Å². The van der Waals surface area contributed by atoms with Gasteiger partial charge in [0.05, 0.1) is 0 Å². The predicted octanol–water partition coefficient (Wildman–Crippen LogP) is 3.63. The molecule has 0 bridgehead atoms. The summed E-state index contributed by atoms with van der Waals surface area (Å²) >= 11 is 0. The van der Waals surface area contributed by atoms with Gasteiger partial charge in [0.25, 0.3) is 0 Å². The van der Waals surface area contributed by atoms with E-state index >= 15 is 0 Å². The van der Waals surface area contributed by atoms with E-state index in [2.05, 4.69) is 10.2 Å². The van der Waals surface area contributed by atoms with Gasteiger partial charge in [0.1, 0.15) is 0 Å². The Labute approximate surface area is 125 Å². The Hall–Kier alpha value is 0.500. The molecule has 1 aliphatic carbocycles. The molecular formula is C14H30Cl2N2. The monoisotopic (exact) mass is 296 g/mol. The number of nitrogens with one attached hydrogen (secondary N) is 1. The van der Waals surface area contributed by atoms with Crippen molar-refractivity contribution in [2.75, 3.05) is 26.2 Å². The molecular weight excluding hydrogens is 267 g/mol. The standard InChI is InChI=1S/C14H28N2.2ClH/c1-2-4-8-14(9-5-3-1)16-12-7-6-10-15-11-13-16;;/h14-15H,1-13H2;2*1H. The highest BCUT2D eigenvalue weighted by molar-refractivity contribution is 5.85. The molecule has 1 N–H and O–H groups in total. The summed E-state index contributed by atoms with van der Waals surface area (Å²) in [5.74, 6) is 0. The quantitative estimate of drug-likeness (QED) is 0.795. The molecule has 1 aliphatic heterocycles. The maximum Gasteiger partial charge on any atom is 0.0110 e. The van der Waals surface area contributed by atoms with Crippen molar-refractivity contribution in [2.45, 2.75) is 63.8 Å². The van der Waals surface area contributed by atoms with Crippen LogP contribution in [-0.4, -0.2) is 37.1 Å². The van der Waals surface area contributed by atoms with E-state index in [4.69, 9.17) is 0 Å². The first-order valence-electron chi connectivity index (χ1n) is 7.41. The van der Waals surface area contributed by atoms with Crippen molar-refractivity contribution >= 4 is 24.8 Å². The van der Waals surface area contributed by atoms with Crippen LogP contribution in [0.4, 0.5) is 0 Å². The SMILES string of the molecule is C1CCCC(N2CCCCNCC2)CCC1.Cl.Cl. The highest BCUT2D eigenvalue weighted by Crippen LogP contribution is 2.21. The highest BCUT2D eigenvalue weighted by atomic mass is 35.5. The molecule has 110 valence electrons. The van der Waals surface area contributed by atoms with E-state index in [0.29, 0.717) is 0 Å². The van der Waals surface area contributed by atoms with Crippen LogP contribution in [0.1, 0.15) is 57.8 Å². The highest BCUT2D eigenvalue weighted by Gasteiger charge is 2.19. The maximum atomic E-state index is 3.54. The van der Waals surface area contributed by atoms with E-state index in [9.17, 15) is 0 Å². The lowest BCUT2D eigenvalue weighted by molar-refractivity contribution is 0.157. The molecule has 4 heteroatoms. The largest absolute Gasteiger partial charge is 0.315 e. The fourth-order valence-corrected chi connectivity index (χ4v) is 3.19. The molecule has 1 saturated carbocycles. The molecule has 1 heterocycles. The van der Waals surface area contributed by atoms with Crippen molar-refractivity contribution in [2.24, 2.45) is 0 Å². The second kappa shape index (κ2) is 11.3. The average Bonchev–Trinajstić information content (AvgIpc) is 2.18. The Morgan fingerprint density at radius 1 is 0.667 bits per heavy atom. The van der Waals surface area contributed by atoms with Crippen molar-refractivity contribution < 1.29 is 0 Å². The smallest absolute Gasteiger partial charge is 0.0110 e. The lowest BCUT2D eigenvalue weighted by Gasteiger charge is -2.34. The van der Waals surface area contributed by atoms with Gasteiger partial charge in [-0.05, 0) is 38.8 Å². The van der Waals surface area contributed by atoms with Gasteiger partial charge in [-0.25, -0.2) is 0 Å². The fourth-order valence-electron chi connectivity index (χ4n) is 3.19. The van der Waals surface area contributed by atoms with Gasteiger partial charge in [-0.2, -0.15) is 0 Å². The summed E-state index contributed by atoms with van der Waals surface area (Å²) in [5, 5.41) is 3.54. The molecule has 2 nitrogen and oxygen atoms in total. The summed E-state index contributed by atoms with van der Waals surface area (Å²) < 4.78 is 0. The summed E-state index contributed by atoms with van der Waals surface area (Å²) in [6, 6.07) is 0.903. The van der Waals surface area contributed by atoms with E-state index in [1.165, 1.54) is 84.0 Å². The number of rotatable bonds is 1. The summed E-state index contributed by atoms with van der Waals surface area (Å²) in [5.41, 5.74) is 0. The number of hydrogen-bond acceptors (Lipinski definition) is 2. The average molecular weight is 297 g/mol. The van der Waals surface area contributed by atoms with Crippen molar-refractivity contribution in [1.82, 2.24) is 10.2 Å². The number of nitrogens with zero attached hydrogens (tertiary/aromatic N) is 1. The third kappa shape index (κ3) is 6.60. The van der Waals surface area contributed by atoms with Crippen molar-refractivity contribution in [3.05, 3.63) is 0 Å². The number of hydrogen-bond donors (Lipinski definition) is 1. The first-order valence-corrected chi connectivity index (χ1v) is 7.41. The minimum atomic E-state index is 0. The molecule has 2 rings (SSSR count). The van der Waals surface area contributed by atoms with Gasteiger partial charge in [0.15, 0.2) is 0 Å². The first-order chi connectivity index (χ1) is 7.97. The molecule has 2 fully saturated rings. The lowest BCUT2D eigenvalue weighted by atomic mass is 9.95. The van der Waals surface area contributed by atoms with Crippen LogP contribution in [0.15, 0.2) is 0 Å². The number of halogens is 2. The van der Waals surface area contributed by atoms with Gasteiger partial charge in [0.2, 0.25) is 0 Å². The van der Waals surface area contributed by atoms with Gasteiger partial charge in [0, 0.05) is 19.1 Å². The molecule has 2 aliphatic rings. The van der Waals surface area contributed by atoms with E-state index in [1.807, 2.05) is 0 Å². The van der Waals surface area contributed by atoms with Crippen molar-refractivity contribution in [1.29, 1.82) is 0 Å². The van der Waals surface area contributed by atoms with Crippen LogP contribution in [0.3, 0.4) is 0 Å². The van der Waals surface area contributed by atoms with E-state index in [1.54, 1.807) is 0 Å². The molecule has 0 radical (unpaired) electrons. The van der Waals surface area contributed by atoms with Crippen molar-refractivity contribution in [3.8, 4) is 0 Å². The second-order valence-electron chi connectivity index (χ2n) is 5.49. The van der Waals surface area contributed by atoms with E-state index < -0.39 is 0 Å². The van der Waals surface area contributed by atoms with E-state index in [0.717, 1.165) is 6.04 Å². The Balaban J connectivity index is 0.00000144. The zero-order chi connectivity index (χ0) is 11.1. The Morgan fingerprint density at radius 2 is 1.33 bits per heavy atom. The van der Waals surface area contributed by atoms with Gasteiger partial charge < -0.3 is 5.32 Å². The second-order valence-corrected chi connectivity index (χ2v) is 5.49. The van der Waals surface area contributed by atoms with Crippen LogP contribution in [-0.2, 0) is 0 Å². The molecule has 0 aromatic heterocycles. The van der Waals surface area contributed by atoms with Crippen LogP contribution < -0.4 is 5.32 Å². The summed E-state index contributed by atoms with van der Waals surface area (Å²) in [7, 11) is 0. The molecule has 0 aromatic carbocycles. The van der Waals surface area contributed by atoms with Gasteiger partial charge in [-0.1, -0.05) is 32.1 Å². The van der Waals surface area contributed by atoms with Crippen LogP contribution in [0, 0.1) is 0 Å². The minimum Gasteiger partial charge on any atom is -0.315 e. The normalized spacial score (nSPS) is 24.7.